The minimum absolute atomic E-state index is 0.0949. The van der Waals surface area contributed by atoms with Crippen LogP contribution in [0.4, 0.5) is 21.9 Å². The average Bonchev–Trinajstić information content (AvgIpc) is 3.19. The van der Waals surface area contributed by atoms with E-state index < -0.39 is 18.7 Å². The molecule has 4 rings (SSSR count). The number of hydrogen-bond donors (Lipinski definition) is 5. The van der Waals surface area contributed by atoms with Crippen molar-refractivity contribution < 1.29 is 19.7 Å². The number of urea groups is 1. The number of hydrogen-bond acceptors (Lipinski definition) is 7. The van der Waals surface area contributed by atoms with Crippen LogP contribution in [0.2, 0.25) is 0 Å². The van der Waals surface area contributed by atoms with Crippen LogP contribution < -0.4 is 20.7 Å². The van der Waals surface area contributed by atoms with Gasteiger partial charge in [-0.05, 0) is 43.3 Å². The van der Waals surface area contributed by atoms with Crippen LogP contribution in [-0.2, 0) is 0 Å². The summed E-state index contributed by atoms with van der Waals surface area (Å²) in [5, 5.41) is 40.7. The predicted molar refractivity (Wildman–Crippen MR) is 131 cm³/mol. The second-order valence-corrected chi connectivity index (χ2v) is 7.74. The van der Waals surface area contributed by atoms with Crippen molar-refractivity contribution >= 4 is 28.6 Å². The number of ether oxygens (including phenoxy) is 1. The topological polar surface area (TPSA) is 144 Å². The van der Waals surface area contributed by atoms with Crippen LogP contribution >= 0.6 is 0 Å². The van der Waals surface area contributed by atoms with Crippen molar-refractivity contribution in [3.05, 3.63) is 78.1 Å². The van der Waals surface area contributed by atoms with Gasteiger partial charge < -0.3 is 30.9 Å². The number of nitrogens with one attached hydrogen (secondary N) is 3. The van der Waals surface area contributed by atoms with Gasteiger partial charge in [0.05, 0.1) is 47.6 Å². The number of carbonyl (C=O) groups is 1. The second kappa shape index (κ2) is 10.6. The highest BCUT2D eigenvalue weighted by Crippen LogP contribution is 2.33. The summed E-state index contributed by atoms with van der Waals surface area (Å²) in [6.07, 6.45) is 2.04. The molecular formula is C25H24N6O4. The molecule has 0 radical (unpaired) electrons. The molecule has 178 valence electrons. The fourth-order valence-electron chi connectivity index (χ4n) is 3.44. The normalized spacial score (nSPS) is 11.5. The summed E-state index contributed by atoms with van der Waals surface area (Å²) in [7, 11) is 0. The summed E-state index contributed by atoms with van der Waals surface area (Å²) in [5.41, 5.74) is 3.42. The van der Waals surface area contributed by atoms with Crippen LogP contribution in [0.15, 0.2) is 67.0 Å². The Morgan fingerprint density at radius 1 is 1.17 bits per heavy atom. The zero-order chi connectivity index (χ0) is 24.8. The number of aliphatic hydroxyl groups is 2. The van der Waals surface area contributed by atoms with Crippen molar-refractivity contribution in [1.82, 2.24) is 14.9 Å². The van der Waals surface area contributed by atoms with Gasteiger partial charge in [-0.15, -0.1) is 0 Å². The van der Waals surface area contributed by atoms with Gasteiger partial charge in [-0.3, -0.25) is 0 Å². The highest BCUT2D eigenvalue weighted by atomic mass is 16.5. The molecule has 1 atom stereocenters. The molecule has 2 heterocycles. The van der Waals surface area contributed by atoms with Crippen LogP contribution in [0.3, 0.4) is 0 Å². The van der Waals surface area contributed by atoms with Gasteiger partial charge >= 0.3 is 6.03 Å². The first-order chi connectivity index (χ1) is 17.0. The first-order valence-corrected chi connectivity index (χ1v) is 10.8. The van der Waals surface area contributed by atoms with E-state index in [1.165, 1.54) is 6.20 Å². The lowest BCUT2D eigenvalue weighted by molar-refractivity contribution is 0.0965. The number of benzene rings is 2. The summed E-state index contributed by atoms with van der Waals surface area (Å²) in [6, 6.07) is 18.4. The lowest BCUT2D eigenvalue weighted by atomic mass is 10.1. The highest BCUT2D eigenvalue weighted by Gasteiger charge is 2.17. The molecule has 10 heteroatoms. The van der Waals surface area contributed by atoms with Crippen LogP contribution in [0, 0.1) is 18.3 Å². The van der Waals surface area contributed by atoms with Gasteiger partial charge in [-0.1, -0.05) is 18.2 Å². The van der Waals surface area contributed by atoms with E-state index in [1.807, 2.05) is 54.6 Å². The lowest BCUT2D eigenvalue weighted by Gasteiger charge is -2.12. The van der Waals surface area contributed by atoms with Gasteiger partial charge in [0, 0.05) is 17.8 Å². The number of fused-ring (bicyclic) bond motifs is 1. The molecule has 0 aliphatic heterocycles. The average molecular weight is 473 g/mol. The first-order valence-electron chi connectivity index (χ1n) is 10.8. The summed E-state index contributed by atoms with van der Waals surface area (Å²) >= 11 is 0. The number of aryl methyl sites for hydroxylation is 1. The van der Waals surface area contributed by atoms with Crippen LogP contribution in [0.1, 0.15) is 11.1 Å². The fraction of sp³-hybridized carbons (Fsp3) is 0.160. The third-order valence-electron chi connectivity index (χ3n) is 5.24. The van der Waals surface area contributed by atoms with Crippen molar-refractivity contribution in [2.24, 2.45) is 0 Å². The largest absolute Gasteiger partial charge is 0.457 e. The lowest BCUT2D eigenvalue weighted by Crippen LogP contribution is -2.36. The van der Waals surface area contributed by atoms with Crippen molar-refractivity contribution in [3.8, 4) is 17.6 Å². The minimum Gasteiger partial charge on any atom is -0.457 e. The standard InChI is InChI=1S/C25H24N6O4/c1-16-22(30-25(34)27-13-19(33)15-32)14-31-24(16)23(17(11-26)12-28-31)29-18-7-9-21(10-8-18)35-20-5-3-2-4-6-20/h2-10,12,14,19,29,32-33H,13,15H2,1H3,(H2,27,30,34). The van der Waals surface area contributed by atoms with Crippen LogP contribution in [-0.4, -0.2) is 45.1 Å². The molecule has 0 saturated carbocycles. The molecule has 0 aliphatic carbocycles. The Kier molecular flexibility index (Phi) is 7.11. The first kappa shape index (κ1) is 23.6. The number of carbonyl (C=O) groups excluding carboxylic acids is 1. The highest BCUT2D eigenvalue weighted by molar-refractivity contribution is 5.94. The molecule has 2 aromatic heterocycles. The third-order valence-corrected chi connectivity index (χ3v) is 5.24. The Hall–Kier alpha value is -4.59. The fourth-order valence-corrected chi connectivity index (χ4v) is 3.44. The molecule has 0 spiro atoms. The zero-order valence-corrected chi connectivity index (χ0v) is 18.9. The van der Waals surface area contributed by atoms with E-state index in [4.69, 9.17) is 9.84 Å². The Morgan fingerprint density at radius 3 is 2.57 bits per heavy atom. The maximum absolute atomic E-state index is 12.2. The predicted octanol–water partition coefficient (Wildman–Crippen LogP) is 3.53. The molecule has 10 nitrogen and oxygen atoms in total. The molecule has 35 heavy (non-hydrogen) atoms. The van der Waals surface area contributed by atoms with Gasteiger partial charge in [0.2, 0.25) is 0 Å². The molecule has 4 aromatic rings. The number of anilines is 3. The molecular weight excluding hydrogens is 448 g/mol. The SMILES string of the molecule is Cc1c(NC(=O)NCC(O)CO)cn2ncc(C#N)c(Nc3ccc(Oc4ccccc4)cc3)c12. The maximum atomic E-state index is 12.2. The van der Waals surface area contributed by atoms with E-state index >= 15 is 0 Å². The van der Waals surface area contributed by atoms with E-state index in [1.54, 1.807) is 17.6 Å². The smallest absolute Gasteiger partial charge is 0.319 e. The number of para-hydroxylation sites is 1. The van der Waals surface area contributed by atoms with E-state index in [0.29, 0.717) is 33.8 Å². The molecule has 0 saturated heterocycles. The molecule has 0 fully saturated rings. The van der Waals surface area contributed by atoms with Crippen LogP contribution in [0.5, 0.6) is 11.5 Å². The number of nitriles is 1. The molecule has 5 N–H and O–H groups in total. The minimum atomic E-state index is -1.05. The summed E-state index contributed by atoms with van der Waals surface area (Å²) < 4.78 is 7.40. The van der Waals surface area contributed by atoms with E-state index in [0.717, 1.165) is 11.4 Å². The summed E-state index contributed by atoms with van der Waals surface area (Å²) in [6.45, 7) is 1.26. The molecule has 1 unspecified atom stereocenters. The monoisotopic (exact) mass is 472 g/mol. The Balaban J connectivity index is 1.57. The second-order valence-electron chi connectivity index (χ2n) is 7.74. The van der Waals surface area contributed by atoms with E-state index in [2.05, 4.69) is 27.1 Å². The zero-order valence-electron chi connectivity index (χ0n) is 18.9. The third kappa shape index (κ3) is 5.50. The van der Waals surface area contributed by atoms with Crippen molar-refractivity contribution in [2.45, 2.75) is 13.0 Å². The number of aromatic nitrogens is 2. The van der Waals surface area contributed by atoms with E-state index in [-0.39, 0.29) is 6.54 Å². The molecule has 0 aliphatic rings. The van der Waals surface area contributed by atoms with Gasteiger partial charge in [0.1, 0.15) is 17.6 Å². The van der Waals surface area contributed by atoms with Crippen LogP contribution in [0.25, 0.3) is 5.52 Å². The van der Waals surface area contributed by atoms with Crippen molar-refractivity contribution in [3.63, 3.8) is 0 Å². The quantitative estimate of drug-likeness (QED) is 0.264. The van der Waals surface area contributed by atoms with Gasteiger partial charge in [0.25, 0.3) is 0 Å². The van der Waals surface area contributed by atoms with Gasteiger partial charge in [-0.2, -0.15) is 10.4 Å². The number of nitrogens with zero attached hydrogens (tertiary/aromatic N) is 3. The number of amides is 2. The maximum Gasteiger partial charge on any atom is 0.319 e. The van der Waals surface area contributed by atoms with Crippen molar-refractivity contribution in [1.29, 1.82) is 5.26 Å². The number of rotatable bonds is 8. The molecule has 2 amide bonds. The van der Waals surface area contributed by atoms with E-state index in [9.17, 15) is 15.2 Å². The Morgan fingerprint density at radius 2 is 1.89 bits per heavy atom. The molecule has 2 aromatic carbocycles. The Bertz CT molecular complexity index is 1360. The van der Waals surface area contributed by atoms with Gasteiger partial charge in [0.15, 0.2) is 0 Å². The number of aliphatic hydroxyl groups excluding tert-OH is 2. The summed E-state index contributed by atoms with van der Waals surface area (Å²) in [5.74, 6) is 1.40. The summed E-state index contributed by atoms with van der Waals surface area (Å²) in [4.78, 5) is 12.2. The molecule has 0 bridgehead atoms. The Labute approximate surface area is 201 Å². The van der Waals surface area contributed by atoms with Crippen molar-refractivity contribution in [2.75, 3.05) is 23.8 Å². The van der Waals surface area contributed by atoms with Gasteiger partial charge in [-0.25, -0.2) is 9.31 Å².